The second kappa shape index (κ2) is 7.95. The Balaban J connectivity index is 1.62. The molecule has 2 aromatic carbocycles. The number of halogens is 6. The van der Waals surface area contributed by atoms with Crippen molar-refractivity contribution >= 4 is 11.8 Å². The van der Waals surface area contributed by atoms with Gasteiger partial charge in [0.25, 0.3) is 0 Å². The number of likely N-dealkylation sites (tertiary alicyclic amines) is 1. The van der Waals surface area contributed by atoms with E-state index in [0.29, 0.717) is 18.7 Å². The van der Waals surface area contributed by atoms with Crippen LogP contribution in [0.25, 0.3) is 6.08 Å². The molecule has 0 radical (unpaired) electrons. The molecule has 4 rings (SSSR count). The van der Waals surface area contributed by atoms with E-state index in [2.05, 4.69) is 10.0 Å². The van der Waals surface area contributed by atoms with Crippen LogP contribution in [0.3, 0.4) is 0 Å². The lowest BCUT2D eigenvalue weighted by Crippen LogP contribution is -2.41. The van der Waals surface area contributed by atoms with E-state index in [1.807, 2.05) is 13.1 Å². The highest BCUT2D eigenvalue weighted by Gasteiger charge is 2.42. The number of alkyl halides is 6. The predicted molar refractivity (Wildman–Crippen MR) is 110 cm³/mol. The number of likely N-dealkylation sites (N-methyl/N-ethyl adjacent to an activating group) is 1. The summed E-state index contributed by atoms with van der Waals surface area (Å²) in [5, 5.41) is 6.41. The number of fused-ring (bicyclic) bond motifs is 1. The molecular formula is C23H21F6N3. The lowest BCUT2D eigenvalue weighted by molar-refractivity contribution is -0.138. The minimum Gasteiger partial charge on any atom is -0.301 e. The summed E-state index contributed by atoms with van der Waals surface area (Å²) < 4.78 is 77.3. The third-order valence-corrected chi connectivity index (χ3v) is 5.84. The molecule has 2 atom stereocenters. The second-order valence-corrected chi connectivity index (χ2v) is 8.22. The molecule has 0 saturated carbocycles. The number of hydrogen-bond acceptors (Lipinski definition) is 3. The van der Waals surface area contributed by atoms with Crippen LogP contribution in [0.4, 0.5) is 26.3 Å². The number of hydrazone groups is 1. The molecule has 9 heteroatoms. The van der Waals surface area contributed by atoms with Gasteiger partial charge in [-0.3, -0.25) is 5.01 Å². The first kappa shape index (κ1) is 22.4. The molecule has 1 fully saturated rings. The van der Waals surface area contributed by atoms with Gasteiger partial charge in [-0.2, -0.15) is 31.4 Å². The summed E-state index contributed by atoms with van der Waals surface area (Å²) in [5.74, 6) is -0.0730. The van der Waals surface area contributed by atoms with Crippen LogP contribution in [-0.4, -0.2) is 42.8 Å². The highest BCUT2D eigenvalue weighted by Crippen LogP contribution is 2.40. The summed E-state index contributed by atoms with van der Waals surface area (Å²) >= 11 is 0. The van der Waals surface area contributed by atoms with Crippen molar-refractivity contribution in [3.63, 3.8) is 0 Å². The minimum atomic E-state index is -4.40. The van der Waals surface area contributed by atoms with E-state index in [-0.39, 0.29) is 12.0 Å². The largest absolute Gasteiger partial charge is 0.416 e. The molecule has 32 heavy (non-hydrogen) atoms. The monoisotopic (exact) mass is 453 g/mol. The van der Waals surface area contributed by atoms with Crippen molar-refractivity contribution in [1.29, 1.82) is 0 Å². The molecule has 3 nitrogen and oxygen atoms in total. The van der Waals surface area contributed by atoms with Gasteiger partial charge in [0.1, 0.15) is 0 Å². The van der Waals surface area contributed by atoms with Crippen molar-refractivity contribution in [1.82, 2.24) is 9.91 Å². The molecule has 0 amide bonds. The zero-order valence-electron chi connectivity index (χ0n) is 17.4. The van der Waals surface area contributed by atoms with Crippen LogP contribution in [0, 0.1) is 5.92 Å². The number of nitrogens with zero attached hydrogens (tertiary/aromatic N) is 3. The molecular weight excluding hydrogens is 432 g/mol. The molecule has 0 aliphatic carbocycles. The summed E-state index contributed by atoms with van der Waals surface area (Å²) in [6.45, 7) is 1.24. The molecule has 170 valence electrons. The first-order valence-electron chi connectivity index (χ1n) is 9.99. The molecule has 0 bridgehead atoms. The van der Waals surface area contributed by atoms with E-state index in [1.54, 1.807) is 12.1 Å². The zero-order valence-corrected chi connectivity index (χ0v) is 17.4. The predicted octanol–water partition coefficient (Wildman–Crippen LogP) is 5.71. The van der Waals surface area contributed by atoms with Gasteiger partial charge in [-0.1, -0.05) is 24.3 Å². The van der Waals surface area contributed by atoms with Crippen LogP contribution in [0.1, 0.15) is 28.3 Å². The summed E-state index contributed by atoms with van der Waals surface area (Å²) in [6, 6.07) is 9.82. The Labute approximate surface area is 181 Å². The van der Waals surface area contributed by atoms with E-state index in [0.717, 1.165) is 41.1 Å². The van der Waals surface area contributed by atoms with E-state index in [1.165, 1.54) is 24.3 Å². The fraction of sp³-hybridized carbons (Fsp3) is 0.348. The standard InChI is InChI=1S/C23H21F6N3/c1-31-12-16(11-14-3-7-17(8-4-14)22(24,25)26)20-19(13-31)21(32(2)30-20)15-5-9-18(10-6-15)23(27,28)29/h3-11,19,21H,12-13H2,1-2H3. The highest BCUT2D eigenvalue weighted by atomic mass is 19.4. The van der Waals surface area contributed by atoms with Crippen LogP contribution >= 0.6 is 0 Å². The maximum Gasteiger partial charge on any atom is 0.416 e. The van der Waals surface area contributed by atoms with Gasteiger partial charge >= 0.3 is 12.4 Å². The summed E-state index contributed by atoms with van der Waals surface area (Å²) in [7, 11) is 3.71. The Morgan fingerprint density at radius 1 is 0.844 bits per heavy atom. The second-order valence-electron chi connectivity index (χ2n) is 8.22. The molecule has 0 N–H and O–H groups in total. The number of rotatable bonds is 2. The normalized spacial score (nSPS) is 23.4. The van der Waals surface area contributed by atoms with Crippen molar-refractivity contribution in [3.8, 4) is 0 Å². The average Bonchev–Trinajstić information content (AvgIpc) is 3.03. The lowest BCUT2D eigenvalue weighted by atomic mass is 9.83. The topological polar surface area (TPSA) is 18.8 Å². The van der Waals surface area contributed by atoms with Gasteiger partial charge in [-0.15, -0.1) is 0 Å². The number of hydrogen-bond donors (Lipinski definition) is 0. The molecule has 2 aliphatic heterocycles. The van der Waals surface area contributed by atoms with Crippen LogP contribution in [-0.2, 0) is 12.4 Å². The zero-order chi connectivity index (χ0) is 23.3. The number of piperidine rings is 1. The fourth-order valence-corrected chi connectivity index (χ4v) is 4.38. The van der Waals surface area contributed by atoms with Crippen molar-refractivity contribution < 1.29 is 26.3 Å². The van der Waals surface area contributed by atoms with Crippen LogP contribution in [0.15, 0.2) is 59.2 Å². The maximum absolute atomic E-state index is 12.9. The maximum atomic E-state index is 12.9. The van der Waals surface area contributed by atoms with Gasteiger partial charge in [-0.05, 0) is 54.1 Å². The third-order valence-electron chi connectivity index (χ3n) is 5.84. The molecule has 2 aromatic rings. The van der Waals surface area contributed by atoms with Crippen molar-refractivity contribution in [3.05, 3.63) is 76.4 Å². The van der Waals surface area contributed by atoms with Gasteiger partial charge in [-0.25, -0.2) is 0 Å². The lowest BCUT2D eigenvalue weighted by Gasteiger charge is -2.34. The van der Waals surface area contributed by atoms with Gasteiger partial charge in [0.2, 0.25) is 0 Å². The van der Waals surface area contributed by atoms with Crippen LogP contribution in [0.2, 0.25) is 0 Å². The highest BCUT2D eigenvalue weighted by molar-refractivity contribution is 6.07. The quantitative estimate of drug-likeness (QED) is 0.543. The SMILES string of the molecule is CN1CC(=Cc2ccc(C(F)(F)F)cc2)C2=NN(C)C(c3ccc(C(F)(F)F)cc3)C2C1. The molecule has 0 aromatic heterocycles. The third kappa shape index (κ3) is 4.39. The Morgan fingerprint density at radius 2 is 1.38 bits per heavy atom. The van der Waals surface area contributed by atoms with E-state index in [9.17, 15) is 26.3 Å². The van der Waals surface area contributed by atoms with Gasteiger partial charge in [0.05, 0.1) is 22.9 Å². The minimum absolute atomic E-state index is 0.0730. The van der Waals surface area contributed by atoms with Gasteiger partial charge in [0, 0.05) is 26.1 Å². The molecule has 2 heterocycles. The van der Waals surface area contributed by atoms with Gasteiger partial charge in [0.15, 0.2) is 0 Å². The summed E-state index contributed by atoms with van der Waals surface area (Å²) in [4.78, 5) is 2.08. The fourth-order valence-electron chi connectivity index (χ4n) is 4.38. The number of benzene rings is 2. The summed E-state index contributed by atoms with van der Waals surface area (Å²) in [6.07, 6.45) is -6.97. The molecule has 2 unspecified atom stereocenters. The summed E-state index contributed by atoms with van der Waals surface area (Å²) in [5.41, 5.74) is 1.64. The van der Waals surface area contributed by atoms with Crippen LogP contribution in [0.5, 0.6) is 0 Å². The molecule has 2 aliphatic rings. The van der Waals surface area contributed by atoms with E-state index >= 15 is 0 Å². The Hall–Kier alpha value is -2.81. The Kier molecular flexibility index (Phi) is 5.56. The van der Waals surface area contributed by atoms with Gasteiger partial charge < -0.3 is 4.90 Å². The van der Waals surface area contributed by atoms with Crippen molar-refractivity contribution in [2.45, 2.75) is 18.4 Å². The first-order chi connectivity index (χ1) is 14.9. The Bertz CT molecular complexity index is 1040. The van der Waals surface area contributed by atoms with Crippen LogP contribution < -0.4 is 0 Å². The van der Waals surface area contributed by atoms with Crippen molar-refractivity contribution in [2.24, 2.45) is 11.0 Å². The smallest absolute Gasteiger partial charge is 0.301 e. The molecule has 0 spiro atoms. The Morgan fingerprint density at radius 3 is 1.91 bits per heavy atom. The van der Waals surface area contributed by atoms with E-state index in [4.69, 9.17) is 0 Å². The molecule has 1 saturated heterocycles. The average molecular weight is 453 g/mol. The van der Waals surface area contributed by atoms with E-state index < -0.39 is 23.5 Å². The first-order valence-corrected chi connectivity index (χ1v) is 9.99. The van der Waals surface area contributed by atoms with Crippen molar-refractivity contribution in [2.75, 3.05) is 27.2 Å².